The van der Waals surface area contributed by atoms with E-state index in [2.05, 4.69) is 24.1 Å². The highest BCUT2D eigenvalue weighted by Crippen LogP contribution is 2.17. The van der Waals surface area contributed by atoms with E-state index >= 15 is 0 Å². The highest BCUT2D eigenvalue weighted by Gasteiger charge is 2.24. The summed E-state index contributed by atoms with van der Waals surface area (Å²) in [6.07, 6.45) is 3.54. The summed E-state index contributed by atoms with van der Waals surface area (Å²) in [5.41, 5.74) is 0. The predicted octanol–water partition coefficient (Wildman–Crippen LogP) is 1.63. The molecule has 0 radical (unpaired) electrons. The Bertz CT molecular complexity index is 206. The molecule has 2 unspecified atom stereocenters. The normalized spacial score (nSPS) is 24.9. The molecule has 1 aliphatic heterocycles. The van der Waals surface area contributed by atoms with E-state index in [1.807, 2.05) is 6.92 Å². The second-order valence-corrected chi connectivity index (χ2v) is 4.71. The van der Waals surface area contributed by atoms with Crippen molar-refractivity contribution in [3.05, 3.63) is 0 Å². The number of piperidine rings is 1. The molecule has 0 aliphatic carbocycles. The van der Waals surface area contributed by atoms with Crippen LogP contribution in [-0.4, -0.2) is 36.5 Å². The van der Waals surface area contributed by atoms with Crippen molar-refractivity contribution >= 4 is 5.91 Å². The quantitative estimate of drug-likeness (QED) is 0.768. The largest absolute Gasteiger partial charge is 0.355 e. The summed E-state index contributed by atoms with van der Waals surface area (Å²) in [6.45, 7) is 9.30. The van der Waals surface area contributed by atoms with Crippen molar-refractivity contribution in [3.63, 3.8) is 0 Å². The van der Waals surface area contributed by atoms with Gasteiger partial charge in [-0.05, 0) is 38.6 Å². The average molecular weight is 212 g/mol. The van der Waals surface area contributed by atoms with E-state index in [1.54, 1.807) is 0 Å². The summed E-state index contributed by atoms with van der Waals surface area (Å²) >= 11 is 0. The zero-order valence-electron chi connectivity index (χ0n) is 10.3. The minimum atomic E-state index is 0.0410. The van der Waals surface area contributed by atoms with Crippen LogP contribution in [0.15, 0.2) is 0 Å². The van der Waals surface area contributed by atoms with Crippen molar-refractivity contribution in [2.24, 2.45) is 5.92 Å². The highest BCUT2D eigenvalue weighted by atomic mass is 16.2. The van der Waals surface area contributed by atoms with Gasteiger partial charge in [0.05, 0.1) is 6.04 Å². The monoisotopic (exact) mass is 212 g/mol. The Labute approximate surface area is 93.2 Å². The van der Waals surface area contributed by atoms with Gasteiger partial charge in [-0.2, -0.15) is 0 Å². The molecule has 1 amide bonds. The van der Waals surface area contributed by atoms with Crippen LogP contribution in [-0.2, 0) is 4.79 Å². The van der Waals surface area contributed by atoms with Crippen LogP contribution < -0.4 is 5.32 Å². The number of carbonyl (C=O) groups is 1. The molecule has 3 nitrogen and oxygen atoms in total. The first-order valence-corrected chi connectivity index (χ1v) is 6.17. The molecule has 0 aromatic rings. The number of nitrogens with zero attached hydrogens (tertiary/aromatic N) is 1. The van der Waals surface area contributed by atoms with Crippen molar-refractivity contribution < 1.29 is 4.79 Å². The van der Waals surface area contributed by atoms with Crippen LogP contribution in [0.5, 0.6) is 0 Å². The van der Waals surface area contributed by atoms with Crippen molar-refractivity contribution in [2.45, 2.75) is 46.1 Å². The molecule has 3 heteroatoms. The fourth-order valence-corrected chi connectivity index (χ4v) is 2.14. The lowest BCUT2D eigenvalue weighted by Gasteiger charge is -2.34. The lowest BCUT2D eigenvalue weighted by Crippen LogP contribution is -2.48. The maximum absolute atomic E-state index is 11.8. The fraction of sp³-hybridized carbons (Fsp3) is 0.917. The zero-order valence-corrected chi connectivity index (χ0v) is 10.3. The Morgan fingerprint density at radius 1 is 1.60 bits per heavy atom. The molecule has 1 aliphatic rings. The molecule has 1 N–H and O–H groups in total. The van der Waals surface area contributed by atoms with Gasteiger partial charge in [0.1, 0.15) is 0 Å². The van der Waals surface area contributed by atoms with Crippen molar-refractivity contribution in [3.8, 4) is 0 Å². The summed E-state index contributed by atoms with van der Waals surface area (Å²) < 4.78 is 0. The number of rotatable bonds is 4. The number of hydrogen-bond acceptors (Lipinski definition) is 2. The van der Waals surface area contributed by atoms with Crippen LogP contribution in [0.2, 0.25) is 0 Å². The van der Waals surface area contributed by atoms with Crippen molar-refractivity contribution in [2.75, 3.05) is 19.6 Å². The van der Waals surface area contributed by atoms with E-state index in [9.17, 15) is 4.79 Å². The van der Waals surface area contributed by atoms with Crippen LogP contribution in [0, 0.1) is 5.92 Å². The summed E-state index contributed by atoms with van der Waals surface area (Å²) in [5.74, 6) is 0.922. The average Bonchev–Trinajstić information content (AvgIpc) is 2.24. The van der Waals surface area contributed by atoms with Gasteiger partial charge in [-0.15, -0.1) is 0 Å². The SMILES string of the molecule is CCCNC(=O)C(C)N1CCCC(C)C1. The lowest BCUT2D eigenvalue weighted by atomic mass is 9.99. The van der Waals surface area contributed by atoms with Gasteiger partial charge >= 0.3 is 0 Å². The van der Waals surface area contributed by atoms with Crippen molar-refractivity contribution in [1.82, 2.24) is 10.2 Å². The number of hydrogen-bond donors (Lipinski definition) is 1. The van der Waals surface area contributed by atoms with E-state index in [-0.39, 0.29) is 11.9 Å². The van der Waals surface area contributed by atoms with E-state index in [4.69, 9.17) is 0 Å². The summed E-state index contributed by atoms with van der Waals surface area (Å²) in [4.78, 5) is 14.1. The van der Waals surface area contributed by atoms with Crippen LogP contribution >= 0.6 is 0 Å². The van der Waals surface area contributed by atoms with E-state index < -0.39 is 0 Å². The summed E-state index contributed by atoms with van der Waals surface area (Å²) in [7, 11) is 0. The number of amides is 1. The van der Waals surface area contributed by atoms with Gasteiger partial charge < -0.3 is 5.32 Å². The minimum Gasteiger partial charge on any atom is -0.355 e. The Hall–Kier alpha value is -0.570. The molecule has 0 aromatic carbocycles. The number of nitrogens with one attached hydrogen (secondary N) is 1. The molecule has 1 heterocycles. The van der Waals surface area contributed by atoms with Gasteiger partial charge in [0.2, 0.25) is 5.91 Å². The second kappa shape index (κ2) is 6.11. The minimum absolute atomic E-state index is 0.0410. The first kappa shape index (κ1) is 12.5. The van der Waals surface area contributed by atoms with E-state index in [1.165, 1.54) is 12.8 Å². The van der Waals surface area contributed by atoms with Gasteiger partial charge in [0.25, 0.3) is 0 Å². The molecule has 15 heavy (non-hydrogen) atoms. The maximum Gasteiger partial charge on any atom is 0.237 e. The molecular weight excluding hydrogens is 188 g/mol. The fourth-order valence-electron chi connectivity index (χ4n) is 2.14. The second-order valence-electron chi connectivity index (χ2n) is 4.71. The summed E-state index contributed by atoms with van der Waals surface area (Å²) in [5, 5.41) is 2.96. The van der Waals surface area contributed by atoms with Crippen molar-refractivity contribution in [1.29, 1.82) is 0 Å². The molecule has 0 bridgehead atoms. The van der Waals surface area contributed by atoms with Crippen LogP contribution in [0.25, 0.3) is 0 Å². The Balaban J connectivity index is 2.37. The molecular formula is C12H24N2O. The smallest absolute Gasteiger partial charge is 0.237 e. The Morgan fingerprint density at radius 2 is 2.33 bits per heavy atom. The molecule has 1 fully saturated rings. The predicted molar refractivity (Wildman–Crippen MR) is 62.7 cm³/mol. The van der Waals surface area contributed by atoms with E-state index in [0.29, 0.717) is 0 Å². The molecule has 0 saturated carbocycles. The molecule has 1 saturated heterocycles. The highest BCUT2D eigenvalue weighted by molar-refractivity contribution is 5.81. The van der Waals surface area contributed by atoms with Crippen LogP contribution in [0.1, 0.15) is 40.0 Å². The first-order valence-electron chi connectivity index (χ1n) is 6.17. The van der Waals surface area contributed by atoms with Gasteiger partial charge in [-0.3, -0.25) is 9.69 Å². The van der Waals surface area contributed by atoms with E-state index in [0.717, 1.165) is 32.0 Å². The number of carbonyl (C=O) groups excluding carboxylic acids is 1. The third-order valence-electron chi connectivity index (χ3n) is 3.16. The first-order chi connectivity index (χ1) is 7.15. The van der Waals surface area contributed by atoms with Gasteiger partial charge in [0.15, 0.2) is 0 Å². The molecule has 88 valence electrons. The van der Waals surface area contributed by atoms with Gasteiger partial charge in [-0.1, -0.05) is 13.8 Å². The maximum atomic E-state index is 11.8. The zero-order chi connectivity index (χ0) is 11.3. The van der Waals surface area contributed by atoms with Gasteiger partial charge in [0, 0.05) is 13.1 Å². The van der Waals surface area contributed by atoms with Crippen LogP contribution in [0.4, 0.5) is 0 Å². The van der Waals surface area contributed by atoms with Crippen LogP contribution in [0.3, 0.4) is 0 Å². The van der Waals surface area contributed by atoms with Gasteiger partial charge in [-0.25, -0.2) is 0 Å². The third kappa shape index (κ3) is 3.82. The summed E-state index contributed by atoms with van der Waals surface area (Å²) in [6, 6.07) is 0.0410. The third-order valence-corrected chi connectivity index (χ3v) is 3.16. The standard InChI is InChI=1S/C12H24N2O/c1-4-7-13-12(15)11(3)14-8-5-6-10(2)9-14/h10-11H,4-9H2,1-3H3,(H,13,15). The molecule has 1 rings (SSSR count). The number of likely N-dealkylation sites (tertiary alicyclic amines) is 1. The molecule has 2 atom stereocenters. The molecule has 0 spiro atoms. The molecule has 0 aromatic heterocycles. The topological polar surface area (TPSA) is 32.3 Å². The Kier molecular flexibility index (Phi) is 5.09. The Morgan fingerprint density at radius 3 is 2.93 bits per heavy atom. The lowest BCUT2D eigenvalue weighted by molar-refractivity contribution is -0.126.